The fourth-order valence-electron chi connectivity index (χ4n) is 6.33. The minimum atomic E-state index is -0.624. The Kier molecular flexibility index (Phi) is 11.7. The van der Waals surface area contributed by atoms with E-state index in [2.05, 4.69) is 34.1 Å². The summed E-state index contributed by atoms with van der Waals surface area (Å²) in [5, 5.41) is 3.00. The number of urea groups is 1. The number of anilines is 1. The summed E-state index contributed by atoms with van der Waals surface area (Å²) >= 11 is 0. The Morgan fingerprint density at radius 2 is 1.76 bits per heavy atom. The number of nitrogens with one attached hydrogen (secondary N) is 1. The first kappa shape index (κ1) is 35.2. The summed E-state index contributed by atoms with van der Waals surface area (Å²) in [6.45, 7) is 17.2. The van der Waals surface area contributed by atoms with Gasteiger partial charge in [0.05, 0.1) is 31.1 Å². The highest BCUT2D eigenvalue weighted by molar-refractivity contribution is 5.93. The van der Waals surface area contributed by atoms with Crippen molar-refractivity contribution in [2.75, 3.05) is 44.2 Å². The second-order valence-corrected chi connectivity index (χ2v) is 14.5. The molecule has 256 valence electrons. The van der Waals surface area contributed by atoms with Crippen LogP contribution in [0.4, 0.5) is 15.5 Å². The molecule has 46 heavy (non-hydrogen) atoms. The molecule has 0 saturated carbocycles. The van der Waals surface area contributed by atoms with Crippen molar-refractivity contribution in [2.24, 2.45) is 34.4 Å². The SMILES string of the molecule is CC1CCN(C2CN(c3ncc(OCCC(C)C4CCN(C(=O)N=C(N)C(C)C)CC4)cn3)CC2NC(=O)OC(C)(C)C)C(=O)C1. The monoisotopic (exact) mass is 642 g/mol. The lowest BCUT2D eigenvalue weighted by Crippen LogP contribution is -2.55. The Bertz CT molecular complexity index is 1230. The number of aliphatic imine (C=N–C) groups is 1. The molecular weight excluding hydrogens is 588 g/mol. The van der Waals surface area contributed by atoms with Crippen LogP contribution in [-0.4, -0.2) is 101 Å². The molecule has 4 atom stereocenters. The molecule has 3 fully saturated rings. The Balaban J connectivity index is 1.27. The number of aromatic nitrogens is 2. The number of rotatable bonds is 9. The molecule has 4 heterocycles. The van der Waals surface area contributed by atoms with Crippen LogP contribution in [-0.2, 0) is 9.53 Å². The zero-order chi connectivity index (χ0) is 33.6. The smallest absolute Gasteiger partial charge is 0.408 e. The van der Waals surface area contributed by atoms with Gasteiger partial charge < -0.3 is 35.2 Å². The van der Waals surface area contributed by atoms with E-state index in [0.29, 0.717) is 81.0 Å². The molecular formula is C33H54N8O5. The summed E-state index contributed by atoms with van der Waals surface area (Å²) in [5.74, 6) is 2.97. The molecule has 0 spiro atoms. The molecule has 3 aliphatic rings. The van der Waals surface area contributed by atoms with Gasteiger partial charge >= 0.3 is 12.1 Å². The van der Waals surface area contributed by atoms with Crippen molar-refractivity contribution in [3.8, 4) is 5.75 Å². The Labute approximate surface area is 273 Å². The molecule has 4 unspecified atom stereocenters. The van der Waals surface area contributed by atoms with Crippen molar-refractivity contribution in [2.45, 2.75) is 98.3 Å². The first-order valence-corrected chi connectivity index (χ1v) is 16.8. The van der Waals surface area contributed by atoms with Gasteiger partial charge in [0, 0.05) is 45.1 Å². The lowest BCUT2D eigenvalue weighted by Gasteiger charge is -2.37. The van der Waals surface area contributed by atoms with Gasteiger partial charge in [-0.25, -0.2) is 19.6 Å². The van der Waals surface area contributed by atoms with E-state index >= 15 is 0 Å². The molecule has 13 heteroatoms. The number of carbonyl (C=O) groups excluding carboxylic acids is 3. The third-order valence-corrected chi connectivity index (χ3v) is 9.27. The second-order valence-electron chi connectivity index (χ2n) is 14.5. The van der Waals surface area contributed by atoms with E-state index < -0.39 is 11.7 Å². The standard InChI is InChI=1S/C33H54N8O5/c1-21(2)29(34)38-31(43)39-12-9-24(10-13-39)23(4)11-15-45-25-17-35-30(36-18-25)40-19-26(37-32(44)46-33(5,6)7)27(20-40)41-14-8-22(3)16-28(41)42/h17-18,21-24,26-27H,8-16,19-20H2,1-7H3,(H,37,44)(H2,34,38,43). The first-order chi connectivity index (χ1) is 21.7. The number of alkyl carbamates (subject to hydrolysis) is 1. The quantitative estimate of drug-likeness (QED) is 0.300. The fourth-order valence-corrected chi connectivity index (χ4v) is 6.33. The molecule has 1 aromatic rings. The van der Waals surface area contributed by atoms with E-state index in [1.165, 1.54) is 0 Å². The number of amidine groups is 1. The van der Waals surface area contributed by atoms with E-state index in [9.17, 15) is 14.4 Å². The van der Waals surface area contributed by atoms with Gasteiger partial charge in [-0.2, -0.15) is 4.99 Å². The van der Waals surface area contributed by atoms with E-state index in [4.69, 9.17) is 15.2 Å². The fraction of sp³-hybridized carbons (Fsp3) is 0.758. The summed E-state index contributed by atoms with van der Waals surface area (Å²) < 4.78 is 11.5. The van der Waals surface area contributed by atoms with Gasteiger partial charge in [-0.15, -0.1) is 0 Å². The summed E-state index contributed by atoms with van der Waals surface area (Å²) in [5.41, 5.74) is 5.24. The van der Waals surface area contributed by atoms with Crippen LogP contribution in [0, 0.1) is 23.7 Å². The maximum absolute atomic E-state index is 13.0. The molecule has 13 nitrogen and oxygen atoms in total. The average Bonchev–Trinajstić information content (AvgIpc) is 3.39. The molecule has 3 saturated heterocycles. The third kappa shape index (κ3) is 9.68. The second kappa shape index (κ2) is 15.3. The highest BCUT2D eigenvalue weighted by Crippen LogP contribution is 2.29. The average molecular weight is 643 g/mol. The molecule has 0 radical (unpaired) electrons. The summed E-state index contributed by atoms with van der Waals surface area (Å²) in [7, 11) is 0. The minimum absolute atomic E-state index is 0.0524. The van der Waals surface area contributed by atoms with Crippen molar-refractivity contribution in [3.63, 3.8) is 0 Å². The van der Waals surface area contributed by atoms with Crippen molar-refractivity contribution in [3.05, 3.63) is 12.4 Å². The van der Waals surface area contributed by atoms with Gasteiger partial charge in [0.15, 0.2) is 5.75 Å². The van der Waals surface area contributed by atoms with Gasteiger partial charge in [-0.1, -0.05) is 27.7 Å². The van der Waals surface area contributed by atoms with Crippen LogP contribution in [0.1, 0.15) is 80.6 Å². The van der Waals surface area contributed by atoms with E-state index in [-0.39, 0.29) is 29.9 Å². The zero-order valence-corrected chi connectivity index (χ0v) is 28.7. The minimum Gasteiger partial charge on any atom is -0.490 e. The van der Waals surface area contributed by atoms with Crippen LogP contribution in [0.2, 0.25) is 0 Å². The first-order valence-electron chi connectivity index (χ1n) is 16.8. The third-order valence-electron chi connectivity index (χ3n) is 9.27. The Hall–Kier alpha value is -3.64. The van der Waals surface area contributed by atoms with Gasteiger partial charge in [-0.3, -0.25) is 4.79 Å². The van der Waals surface area contributed by atoms with Crippen LogP contribution in [0.25, 0.3) is 0 Å². The van der Waals surface area contributed by atoms with E-state index in [1.807, 2.05) is 44.4 Å². The van der Waals surface area contributed by atoms with Gasteiger partial charge in [0.25, 0.3) is 0 Å². The zero-order valence-electron chi connectivity index (χ0n) is 28.7. The van der Waals surface area contributed by atoms with Crippen LogP contribution >= 0.6 is 0 Å². The van der Waals surface area contributed by atoms with Crippen molar-refractivity contribution < 1.29 is 23.9 Å². The lowest BCUT2D eigenvalue weighted by molar-refractivity contribution is -0.137. The largest absolute Gasteiger partial charge is 0.490 e. The molecule has 0 bridgehead atoms. The lowest BCUT2D eigenvalue weighted by atomic mass is 9.84. The highest BCUT2D eigenvalue weighted by atomic mass is 16.6. The summed E-state index contributed by atoms with van der Waals surface area (Å²) in [6.07, 6.45) is 7.06. The van der Waals surface area contributed by atoms with Crippen molar-refractivity contribution in [1.82, 2.24) is 25.1 Å². The molecule has 3 N–H and O–H groups in total. The van der Waals surface area contributed by atoms with Crippen LogP contribution in [0.5, 0.6) is 5.75 Å². The molecule has 4 rings (SSSR count). The predicted octanol–water partition coefficient (Wildman–Crippen LogP) is 4.07. The summed E-state index contributed by atoms with van der Waals surface area (Å²) in [4.78, 5) is 57.0. The number of piperidine rings is 2. The van der Waals surface area contributed by atoms with Crippen molar-refractivity contribution >= 4 is 29.8 Å². The number of nitrogens with zero attached hydrogens (tertiary/aromatic N) is 6. The number of hydrogen-bond acceptors (Lipinski definition) is 8. The molecule has 0 aromatic carbocycles. The number of hydrogen-bond donors (Lipinski definition) is 2. The number of likely N-dealkylation sites (tertiary alicyclic amines) is 2. The number of ether oxygens (including phenoxy) is 2. The highest BCUT2D eigenvalue weighted by Gasteiger charge is 2.42. The molecule has 1 aromatic heterocycles. The van der Waals surface area contributed by atoms with Crippen LogP contribution in [0.15, 0.2) is 17.4 Å². The van der Waals surface area contributed by atoms with Crippen molar-refractivity contribution in [1.29, 1.82) is 0 Å². The van der Waals surface area contributed by atoms with Gasteiger partial charge in [-0.05, 0) is 64.2 Å². The van der Waals surface area contributed by atoms with E-state index in [0.717, 1.165) is 25.7 Å². The van der Waals surface area contributed by atoms with Crippen LogP contribution < -0.4 is 20.7 Å². The summed E-state index contributed by atoms with van der Waals surface area (Å²) in [6, 6.07) is -0.758. The van der Waals surface area contributed by atoms with Crippen LogP contribution in [0.3, 0.4) is 0 Å². The van der Waals surface area contributed by atoms with Gasteiger partial charge in [0.1, 0.15) is 11.4 Å². The Morgan fingerprint density at radius 1 is 1.09 bits per heavy atom. The number of amides is 4. The molecule has 4 amide bonds. The maximum atomic E-state index is 13.0. The van der Waals surface area contributed by atoms with E-state index in [1.54, 1.807) is 17.3 Å². The maximum Gasteiger partial charge on any atom is 0.408 e. The number of nitrogens with two attached hydrogens (primary N) is 1. The molecule has 0 aliphatic carbocycles. The predicted molar refractivity (Wildman–Crippen MR) is 177 cm³/mol. The van der Waals surface area contributed by atoms with Gasteiger partial charge in [0.2, 0.25) is 11.9 Å². The Morgan fingerprint density at radius 3 is 2.37 bits per heavy atom. The normalized spacial score (nSPS) is 23.9. The number of carbonyl (C=O) groups is 3. The molecule has 3 aliphatic heterocycles. The topological polar surface area (TPSA) is 156 Å².